The second-order valence-corrected chi connectivity index (χ2v) is 3.79. The Bertz CT molecular complexity index is 559. The molecule has 1 aliphatic heterocycles. The average molecular weight is 263 g/mol. The summed E-state index contributed by atoms with van der Waals surface area (Å²) in [5.74, 6) is -4.44. The number of ether oxygens (including phenoxy) is 1. The zero-order valence-electron chi connectivity index (χ0n) is 9.82. The number of rotatable bonds is 3. The number of esters is 1. The monoisotopic (exact) mass is 263 g/mol. The number of methoxy groups -OCH3 is 1. The third-order valence-electron chi connectivity index (χ3n) is 2.74. The predicted octanol–water partition coefficient (Wildman–Crippen LogP) is -0.0912. The molecule has 1 unspecified atom stereocenters. The van der Waals surface area contributed by atoms with E-state index < -0.39 is 29.8 Å². The van der Waals surface area contributed by atoms with E-state index in [1.54, 1.807) is 12.1 Å². The van der Waals surface area contributed by atoms with E-state index in [0.717, 1.165) is 7.11 Å². The fraction of sp³-hybridized carbons (Fsp3) is 0.167. The molecule has 0 bridgehead atoms. The van der Waals surface area contributed by atoms with Crippen LogP contribution in [0.2, 0.25) is 0 Å². The third-order valence-corrected chi connectivity index (χ3v) is 2.74. The maximum Gasteiger partial charge on any atom is 0.340 e. The predicted molar refractivity (Wildman–Crippen MR) is 60.4 cm³/mol. The first kappa shape index (κ1) is 12.7. The summed E-state index contributed by atoms with van der Waals surface area (Å²) < 4.78 is 4.32. The molecule has 1 atom stereocenters. The van der Waals surface area contributed by atoms with Crippen LogP contribution in [0, 0.1) is 0 Å². The van der Waals surface area contributed by atoms with Crippen LogP contribution in [0.5, 0.6) is 0 Å². The number of carboxylic acids is 1. The van der Waals surface area contributed by atoms with E-state index in [4.69, 9.17) is 5.11 Å². The third kappa shape index (κ3) is 1.85. The van der Waals surface area contributed by atoms with Crippen molar-refractivity contribution in [1.82, 2.24) is 4.90 Å². The standard InChI is InChI=1S/C12H9NO6/c1-19-12(18)8(11(16)17)13-9(14)6-4-2-3-5-7(6)10(13)15/h2-5,8H,1H3,(H,16,17). The van der Waals surface area contributed by atoms with Crippen molar-refractivity contribution in [3.05, 3.63) is 35.4 Å². The molecule has 0 spiro atoms. The number of hydrogen-bond donors (Lipinski definition) is 1. The van der Waals surface area contributed by atoms with Crippen molar-refractivity contribution < 1.29 is 29.0 Å². The van der Waals surface area contributed by atoms with Gasteiger partial charge < -0.3 is 9.84 Å². The minimum atomic E-state index is -1.97. The maximum absolute atomic E-state index is 12.0. The Morgan fingerprint density at radius 1 is 1.16 bits per heavy atom. The first-order chi connectivity index (χ1) is 8.99. The molecule has 2 amide bonds. The van der Waals surface area contributed by atoms with Gasteiger partial charge in [0.15, 0.2) is 0 Å². The molecule has 1 heterocycles. The van der Waals surface area contributed by atoms with E-state index >= 15 is 0 Å². The maximum atomic E-state index is 12.0. The molecule has 0 fully saturated rings. The first-order valence-electron chi connectivity index (χ1n) is 5.26. The molecule has 0 saturated carbocycles. The highest BCUT2D eigenvalue weighted by molar-refractivity contribution is 6.24. The van der Waals surface area contributed by atoms with Crippen molar-refractivity contribution in [2.24, 2.45) is 0 Å². The van der Waals surface area contributed by atoms with Gasteiger partial charge in [0.2, 0.25) is 6.04 Å². The lowest BCUT2D eigenvalue weighted by Gasteiger charge is -2.19. The molecular formula is C12H9NO6. The SMILES string of the molecule is COC(=O)C(C(=O)O)N1C(=O)c2ccccc2C1=O. The molecule has 0 radical (unpaired) electrons. The van der Waals surface area contributed by atoms with Crippen LogP contribution < -0.4 is 0 Å². The summed E-state index contributed by atoms with van der Waals surface area (Å²) in [7, 11) is 0.983. The highest BCUT2D eigenvalue weighted by atomic mass is 16.5. The van der Waals surface area contributed by atoms with Crippen LogP contribution in [-0.4, -0.2) is 46.9 Å². The lowest BCUT2D eigenvalue weighted by atomic mass is 10.1. The van der Waals surface area contributed by atoms with Crippen molar-refractivity contribution in [2.45, 2.75) is 6.04 Å². The van der Waals surface area contributed by atoms with Crippen LogP contribution in [0.25, 0.3) is 0 Å². The molecule has 0 aliphatic carbocycles. The van der Waals surface area contributed by atoms with E-state index in [0.29, 0.717) is 4.90 Å². The Labute approximate surface area is 107 Å². The first-order valence-corrected chi connectivity index (χ1v) is 5.26. The Morgan fingerprint density at radius 3 is 2.00 bits per heavy atom. The summed E-state index contributed by atoms with van der Waals surface area (Å²) in [5, 5.41) is 9.00. The fourth-order valence-corrected chi connectivity index (χ4v) is 1.87. The second kappa shape index (κ2) is 4.52. The number of carboxylic acid groups (broad SMARTS) is 1. The minimum absolute atomic E-state index is 0.0719. The van der Waals surface area contributed by atoms with Crippen molar-refractivity contribution in [3.63, 3.8) is 0 Å². The van der Waals surface area contributed by atoms with Gasteiger partial charge in [0, 0.05) is 0 Å². The summed E-state index contributed by atoms with van der Waals surface area (Å²) in [6.45, 7) is 0. The fourth-order valence-electron chi connectivity index (χ4n) is 1.87. The number of benzene rings is 1. The van der Waals surface area contributed by atoms with Crippen LogP contribution >= 0.6 is 0 Å². The van der Waals surface area contributed by atoms with Crippen LogP contribution in [0.1, 0.15) is 20.7 Å². The molecule has 0 saturated heterocycles. The van der Waals surface area contributed by atoms with Gasteiger partial charge in [-0.25, -0.2) is 14.5 Å². The van der Waals surface area contributed by atoms with Crippen molar-refractivity contribution in [2.75, 3.05) is 7.11 Å². The molecule has 98 valence electrons. The van der Waals surface area contributed by atoms with Crippen molar-refractivity contribution in [1.29, 1.82) is 0 Å². The molecule has 7 nitrogen and oxygen atoms in total. The van der Waals surface area contributed by atoms with E-state index in [1.807, 2.05) is 0 Å². The summed E-state index contributed by atoms with van der Waals surface area (Å²) in [5.41, 5.74) is 0.144. The van der Waals surface area contributed by atoms with Gasteiger partial charge in [0.1, 0.15) is 0 Å². The van der Waals surface area contributed by atoms with E-state index in [2.05, 4.69) is 4.74 Å². The molecule has 2 rings (SSSR count). The van der Waals surface area contributed by atoms with Crippen molar-refractivity contribution >= 4 is 23.8 Å². The molecule has 7 heteroatoms. The van der Waals surface area contributed by atoms with Crippen LogP contribution in [0.4, 0.5) is 0 Å². The molecule has 1 aliphatic rings. The number of carbonyl (C=O) groups excluding carboxylic acids is 3. The quantitative estimate of drug-likeness (QED) is 0.464. The zero-order valence-corrected chi connectivity index (χ0v) is 9.82. The van der Waals surface area contributed by atoms with Gasteiger partial charge in [-0.15, -0.1) is 0 Å². The van der Waals surface area contributed by atoms with Gasteiger partial charge in [-0.05, 0) is 12.1 Å². The largest absolute Gasteiger partial charge is 0.479 e. The van der Waals surface area contributed by atoms with Gasteiger partial charge in [-0.3, -0.25) is 9.59 Å². The lowest BCUT2D eigenvalue weighted by Crippen LogP contribution is -2.50. The van der Waals surface area contributed by atoms with Gasteiger partial charge in [0.25, 0.3) is 11.8 Å². The number of hydrogen-bond acceptors (Lipinski definition) is 5. The molecule has 1 aromatic carbocycles. The van der Waals surface area contributed by atoms with Crippen LogP contribution in [0.3, 0.4) is 0 Å². The number of aliphatic carboxylic acids is 1. The summed E-state index contributed by atoms with van der Waals surface area (Å²) in [6, 6.07) is 3.90. The zero-order chi connectivity index (χ0) is 14.2. The smallest absolute Gasteiger partial charge is 0.340 e. The Kier molecular flexibility index (Phi) is 3.04. The molecular weight excluding hydrogens is 254 g/mol. The molecule has 19 heavy (non-hydrogen) atoms. The van der Waals surface area contributed by atoms with E-state index in [1.165, 1.54) is 12.1 Å². The molecule has 1 N–H and O–H groups in total. The number of nitrogens with zero attached hydrogens (tertiary/aromatic N) is 1. The van der Waals surface area contributed by atoms with Gasteiger partial charge in [0.05, 0.1) is 18.2 Å². The Hall–Kier alpha value is -2.70. The lowest BCUT2D eigenvalue weighted by molar-refractivity contribution is -0.156. The number of amides is 2. The van der Waals surface area contributed by atoms with Gasteiger partial charge in [-0.2, -0.15) is 0 Å². The molecule has 1 aromatic rings. The normalized spacial score (nSPS) is 15.1. The van der Waals surface area contributed by atoms with E-state index in [9.17, 15) is 19.2 Å². The topological polar surface area (TPSA) is 101 Å². The summed E-state index contributed by atoms with van der Waals surface area (Å²) in [4.78, 5) is 46.9. The van der Waals surface area contributed by atoms with Gasteiger partial charge in [-0.1, -0.05) is 12.1 Å². The van der Waals surface area contributed by atoms with E-state index in [-0.39, 0.29) is 11.1 Å². The number of imide groups is 1. The van der Waals surface area contributed by atoms with Crippen molar-refractivity contribution in [3.8, 4) is 0 Å². The molecule has 0 aromatic heterocycles. The number of fused-ring (bicyclic) bond motifs is 1. The average Bonchev–Trinajstić information content (AvgIpc) is 2.64. The Morgan fingerprint density at radius 2 is 1.63 bits per heavy atom. The highest BCUT2D eigenvalue weighted by Gasteiger charge is 2.46. The summed E-state index contributed by atoms with van der Waals surface area (Å²) >= 11 is 0. The Balaban J connectivity index is 2.48. The number of carbonyl (C=O) groups is 4. The van der Waals surface area contributed by atoms with Crippen LogP contribution in [0.15, 0.2) is 24.3 Å². The van der Waals surface area contributed by atoms with Gasteiger partial charge >= 0.3 is 11.9 Å². The summed E-state index contributed by atoms with van der Waals surface area (Å²) in [6.07, 6.45) is 0. The minimum Gasteiger partial charge on any atom is -0.479 e. The highest BCUT2D eigenvalue weighted by Crippen LogP contribution is 2.24. The van der Waals surface area contributed by atoms with Crippen LogP contribution in [-0.2, 0) is 14.3 Å². The second-order valence-electron chi connectivity index (χ2n) is 3.79.